The number of amides is 1. The summed E-state index contributed by atoms with van der Waals surface area (Å²) >= 11 is 0. The minimum absolute atomic E-state index is 0.155. The van der Waals surface area contributed by atoms with Gasteiger partial charge >= 0.3 is 0 Å². The maximum atomic E-state index is 13.3. The third-order valence-corrected chi connectivity index (χ3v) is 4.13. The van der Waals surface area contributed by atoms with Crippen molar-refractivity contribution in [3.63, 3.8) is 0 Å². The monoisotopic (exact) mass is 338 g/mol. The number of aliphatic hydroxyl groups is 1. The summed E-state index contributed by atoms with van der Waals surface area (Å²) in [4.78, 5) is 16.1. The third kappa shape index (κ3) is 4.39. The van der Waals surface area contributed by atoms with Crippen LogP contribution in [-0.2, 0) is 11.3 Å². The van der Waals surface area contributed by atoms with Crippen LogP contribution in [-0.4, -0.2) is 53.1 Å². The van der Waals surface area contributed by atoms with Gasteiger partial charge in [-0.05, 0) is 44.5 Å². The molecule has 1 aromatic carbocycles. The number of hydrogen-bond donors (Lipinski definition) is 1. The van der Waals surface area contributed by atoms with Gasteiger partial charge in [-0.2, -0.15) is 0 Å². The molecule has 1 N–H and O–H groups in total. The number of piperidine rings is 1. The van der Waals surface area contributed by atoms with Crippen molar-refractivity contribution in [2.24, 2.45) is 0 Å². The first-order valence-corrected chi connectivity index (χ1v) is 8.00. The summed E-state index contributed by atoms with van der Waals surface area (Å²) in [6, 6.07) is 3.59. The molecule has 1 atom stereocenters. The molecule has 2 rings (SSSR count). The maximum absolute atomic E-state index is 13.3. The van der Waals surface area contributed by atoms with Crippen molar-refractivity contribution in [3.8, 4) is 0 Å². The van der Waals surface area contributed by atoms with E-state index in [0.717, 1.165) is 17.7 Å². The van der Waals surface area contributed by atoms with E-state index >= 15 is 0 Å². The van der Waals surface area contributed by atoms with Crippen molar-refractivity contribution in [2.45, 2.75) is 31.9 Å². The Labute approximate surface area is 141 Å². The maximum Gasteiger partial charge on any atom is 0.256 e. The summed E-state index contributed by atoms with van der Waals surface area (Å²) in [5, 5.41) is 10.8. The fraction of sp³-hybridized carbons (Fsp3) is 0.500. The number of carbonyl (C=O) groups is 1. The number of nitrogens with zero attached hydrogens (tertiary/aromatic N) is 2. The second-order valence-electron chi connectivity index (χ2n) is 6.74. The van der Waals surface area contributed by atoms with Gasteiger partial charge in [-0.3, -0.25) is 9.69 Å². The molecule has 1 fully saturated rings. The standard InChI is InChI=1S/C18H24F2N2O2/c1-13(2)10-21(3)12-18(24)7-4-8-22(17(18)23)11-14-5-6-15(19)16(20)9-14/h5-6,9,24H,1,4,7-8,10-12H2,2-3H3. The zero-order chi connectivity index (χ0) is 17.9. The molecule has 0 bridgehead atoms. The van der Waals surface area contributed by atoms with Crippen LogP contribution in [0.3, 0.4) is 0 Å². The molecule has 1 aliphatic rings. The first-order valence-electron chi connectivity index (χ1n) is 8.00. The van der Waals surface area contributed by atoms with E-state index in [1.165, 1.54) is 11.0 Å². The second kappa shape index (κ2) is 7.40. The van der Waals surface area contributed by atoms with E-state index in [0.29, 0.717) is 31.5 Å². The van der Waals surface area contributed by atoms with E-state index < -0.39 is 17.2 Å². The molecule has 1 aromatic rings. The Morgan fingerprint density at radius 2 is 2.12 bits per heavy atom. The zero-order valence-corrected chi connectivity index (χ0v) is 14.2. The van der Waals surface area contributed by atoms with Crippen LogP contribution in [0.15, 0.2) is 30.4 Å². The van der Waals surface area contributed by atoms with Gasteiger partial charge in [-0.25, -0.2) is 8.78 Å². The van der Waals surface area contributed by atoms with Crippen molar-refractivity contribution in [2.75, 3.05) is 26.7 Å². The van der Waals surface area contributed by atoms with Crippen molar-refractivity contribution < 1.29 is 18.7 Å². The first-order chi connectivity index (χ1) is 11.2. The van der Waals surface area contributed by atoms with Crippen LogP contribution in [0.2, 0.25) is 0 Å². The molecule has 1 heterocycles. The molecule has 4 nitrogen and oxygen atoms in total. The number of rotatable bonds is 6. The highest BCUT2D eigenvalue weighted by Crippen LogP contribution is 2.25. The second-order valence-corrected chi connectivity index (χ2v) is 6.74. The number of hydrogen-bond acceptors (Lipinski definition) is 3. The number of benzene rings is 1. The van der Waals surface area contributed by atoms with Gasteiger partial charge < -0.3 is 10.0 Å². The predicted octanol–water partition coefficient (Wildman–Crippen LogP) is 2.33. The van der Waals surface area contributed by atoms with Gasteiger partial charge in [0.1, 0.15) is 0 Å². The molecule has 0 spiro atoms. The van der Waals surface area contributed by atoms with E-state index in [1.54, 1.807) is 0 Å². The predicted molar refractivity (Wildman–Crippen MR) is 88.3 cm³/mol. The summed E-state index contributed by atoms with van der Waals surface area (Å²) < 4.78 is 26.3. The normalized spacial score (nSPS) is 21.4. The molecule has 6 heteroatoms. The Hall–Kier alpha value is -1.79. The summed E-state index contributed by atoms with van der Waals surface area (Å²) in [5.74, 6) is -2.22. The van der Waals surface area contributed by atoms with Gasteiger partial charge in [0.2, 0.25) is 0 Å². The summed E-state index contributed by atoms with van der Waals surface area (Å²) in [6.07, 6.45) is 1.05. The van der Waals surface area contributed by atoms with Gasteiger partial charge in [0.05, 0.1) is 0 Å². The van der Waals surface area contributed by atoms with E-state index in [1.807, 2.05) is 18.9 Å². The van der Waals surface area contributed by atoms with Crippen LogP contribution in [0.25, 0.3) is 0 Å². The number of likely N-dealkylation sites (N-methyl/N-ethyl adjacent to an activating group) is 1. The van der Waals surface area contributed by atoms with Crippen LogP contribution >= 0.6 is 0 Å². The minimum atomic E-state index is -1.46. The van der Waals surface area contributed by atoms with E-state index in [4.69, 9.17) is 0 Å². The van der Waals surface area contributed by atoms with Gasteiger partial charge in [0, 0.05) is 26.2 Å². The lowest BCUT2D eigenvalue weighted by molar-refractivity contribution is -0.159. The van der Waals surface area contributed by atoms with Gasteiger partial charge in [0.25, 0.3) is 5.91 Å². The molecular formula is C18H24F2N2O2. The zero-order valence-electron chi connectivity index (χ0n) is 14.2. The number of carbonyl (C=O) groups excluding carboxylic acids is 1. The third-order valence-electron chi connectivity index (χ3n) is 4.13. The molecule has 0 aliphatic carbocycles. The van der Waals surface area contributed by atoms with Crippen LogP contribution in [0.4, 0.5) is 8.78 Å². The summed E-state index contributed by atoms with van der Waals surface area (Å²) in [6.45, 7) is 7.18. The Kier molecular flexibility index (Phi) is 5.72. The Balaban J connectivity index is 2.08. The van der Waals surface area contributed by atoms with Crippen LogP contribution < -0.4 is 0 Å². The minimum Gasteiger partial charge on any atom is -0.379 e. The molecule has 1 aliphatic heterocycles. The lowest BCUT2D eigenvalue weighted by Crippen LogP contribution is -2.58. The summed E-state index contributed by atoms with van der Waals surface area (Å²) in [7, 11) is 1.83. The highest BCUT2D eigenvalue weighted by Gasteiger charge is 2.42. The first kappa shape index (κ1) is 18.5. The van der Waals surface area contributed by atoms with Gasteiger partial charge in [-0.1, -0.05) is 18.2 Å². The van der Waals surface area contributed by atoms with E-state index in [2.05, 4.69) is 6.58 Å². The topological polar surface area (TPSA) is 43.8 Å². The average molecular weight is 338 g/mol. The Morgan fingerprint density at radius 1 is 1.42 bits per heavy atom. The lowest BCUT2D eigenvalue weighted by atomic mass is 9.90. The molecule has 0 aromatic heterocycles. The number of halogens is 2. The SMILES string of the molecule is C=C(C)CN(C)CC1(O)CCCN(Cc2ccc(F)c(F)c2)C1=O. The Bertz CT molecular complexity index is 635. The quantitative estimate of drug-likeness (QED) is 0.810. The molecular weight excluding hydrogens is 314 g/mol. The van der Waals surface area contributed by atoms with Crippen molar-refractivity contribution in [3.05, 3.63) is 47.5 Å². The van der Waals surface area contributed by atoms with Crippen molar-refractivity contribution >= 4 is 5.91 Å². The molecule has 1 amide bonds. The molecule has 1 unspecified atom stereocenters. The highest BCUT2D eigenvalue weighted by atomic mass is 19.2. The molecule has 0 saturated carbocycles. The highest BCUT2D eigenvalue weighted by molar-refractivity contribution is 5.86. The van der Waals surface area contributed by atoms with Crippen LogP contribution in [0.1, 0.15) is 25.3 Å². The fourth-order valence-electron chi connectivity index (χ4n) is 3.18. The van der Waals surface area contributed by atoms with E-state index in [9.17, 15) is 18.7 Å². The van der Waals surface area contributed by atoms with Crippen molar-refractivity contribution in [1.29, 1.82) is 0 Å². The fourth-order valence-corrected chi connectivity index (χ4v) is 3.18. The molecule has 0 radical (unpaired) electrons. The van der Waals surface area contributed by atoms with E-state index in [-0.39, 0.29) is 19.0 Å². The smallest absolute Gasteiger partial charge is 0.256 e. The summed E-state index contributed by atoms with van der Waals surface area (Å²) in [5.41, 5.74) is -0.00843. The van der Waals surface area contributed by atoms with Gasteiger partial charge in [0.15, 0.2) is 17.2 Å². The largest absolute Gasteiger partial charge is 0.379 e. The molecule has 24 heavy (non-hydrogen) atoms. The Morgan fingerprint density at radius 3 is 2.75 bits per heavy atom. The van der Waals surface area contributed by atoms with Crippen LogP contribution in [0.5, 0.6) is 0 Å². The average Bonchev–Trinajstić information content (AvgIpc) is 2.47. The number of likely N-dealkylation sites (tertiary alicyclic amines) is 1. The lowest BCUT2D eigenvalue weighted by Gasteiger charge is -2.40. The van der Waals surface area contributed by atoms with Crippen LogP contribution in [0, 0.1) is 11.6 Å². The molecule has 132 valence electrons. The molecule has 1 saturated heterocycles. The van der Waals surface area contributed by atoms with Gasteiger partial charge in [-0.15, -0.1) is 0 Å². The van der Waals surface area contributed by atoms with Crippen molar-refractivity contribution in [1.82, 2.24) is 9.80 Å².